The molecule has 0 aromatic carbocycles. The van der Waals surface area contributed by atoms with Crippen LogP contribution < -0.4 is 24.5 Å². The first-order valence-corrected chi connectivity index (χ1v) is 2.68. The summed E-state index contributed by atoms with van der Waals surface area (Å²) in [5, 5.41) is 25.7. The summed E-state index contributed by atoms with van der Waals surface area (Å²) >= 11 is 0. The van der Waals surface area contributed by atoms with Gasteiger partial charge in [0.2, 0.25) is 0 Å². The molecule has 0 fully saturated rings. The van der Waals surface area contributed by atoms with Crippen LogP contribution in [0.2, 0.25) is 0 Å². The predicted octanol–water partition coefficient (Wildman–Crippen LogP) is -5.40. The van der Waals surface area contributed by atoms with Gasteiger partial charge in [0.25, 0.3) is 0 Å². The van der Waals surface area contributed by atoms with Gasteiger partial charge < -0.3 is 15.1 Å². The average Bonchev–Trinajstić information content (AvgIpc) is 1.88. The van der Waals surface area contributed by atoms with E-state index in [1.54, 1.807) is 0 Å². The fraction of sp³-hybridized carbons (Fsp3) is 0. The molecule has 0 aliphatic heterocycles. The van der Waals surface area contributed by atoms with Crippen LogP contribution in [0.3, 0.4) is 0 Å². The number of hydrogen-bond acceptors (Lipinski definition) is 5. The van der Waals surface area contributed by atoms with E-state index in [2.05, 4.69) is 9.97 Å². The van der Waals surface area contributed by atoms with Crippen molar-refractivity contribution in [3.8, 4) is 0 Å². The van der Waals surface area contributed by atoms with E-state index in [1.165, 1.54) is 12.4 Å². The quantitative estimate of drug-likeness (QED) is 0.346. The van der Waals surface area contributed by atoms with Gasteiger partial charge >= 0.3 is 25.6 Å². The second kappa shape index (κ2) is 3.86. The van der Waals surface area contributed by atoms with Gasteiger partial charge in [-0.1, -0.05) is 0 Å². The number of rotatable bonds is 1. The van der Waals surface area contributed by atoms with Gasteiger partial charge in [0.1, 0.15) is 0 Å². The van der Waals surface area contributed by atoms with Crippen molar-refractivity contribution in [2.45, 2.75) is 0 Å². The molecule has 0 aliphatic rings. The van der Waals surface area contributed by atoms with Crippen molar-refractivity contribution in [3.05, 3.63) is 18.6 Å². The van der Waals surface area contributed by atoms with Gasteiger partial charge in [-0.2, -0.15) is 0 Å². The van der Waals surface area contributed by atoms with E-state index in [0.717, 1.165) is 6.20 Å². The third-order valence-corrected chi connectivity index (χ3v) is 0.980. The summed E-state index contributed by atoms with van der Waals surface area (Å²) < 4.78 is 0. The predicted molar refractivity (Wildman–Crippen MR) is 34.1 cm³/mol. The van der Waals surface area contributed by atoms with Crippen LogP contribution in [0.15, 0.2) is 18.6 Å². The normalized spacial score (nSPS) is 10.5. The van der Waals surface area contributed by atoms with E-state index < -0.39 is 6.75 Å². The molecule has 1 aromatic heterocycles. The Bertz CT molecular complexity index is 214. The summed E-state index contributed by atoms with van der Waals surface area (Å²) in [4.78, 5) is 6.99. The molecular weight excluding hydrogens is 142 g/mol. The topological polar surface area (TPSA) is 86.5 Å². The molecule has 0 bridgehead atoms. The van der Waals surface area contributed by atoms with Crippen molar-refractivity contribution in [1.29, 1.82) is 0 Å². The largest absolute Gasteiger partial charge is 1.00 e. The van der Waals surface area contributed by atoms with E-state index >= 15 is 0 Å². The molecule has 11 heavy (non-hydrogen) atoms. The Morgan fingerprint density at radius 1 is 1.18 bits per heavy atom. The summed E-state index contributed by atoms with van der Waals surface area (Å²) in [7, 11) is 0. The zero-order chi connectivity index (χ0) is 7.61. The minimum absolute atomic E-state index is 0. The average molecular weight is 148 g/mol. The molecule has 0 saturated heterocycles. The van der Waals surface area contributed by atoms with E-state index in [1.807, 2.05) is 0 Å². The minimum Gasteiger partial charge on any atom is -0.555 e. The summed E-state index contributed by atoms with van der Waals surface area (Å²) in [5.41, 5.74) is -0.234. The third-order valence-electron chi connectivity index (χ3n) is 0.980. The van der Waals surface area contributed by atoms with Gasteiger partial charge in [-0.3, -0.25) is 9.97 Å². The van der Waals surface area contributed by atoms with E-state index in [-0.39, 0.29) is 24.5 Å². The van der Waals surface area contributed by atoms with Crippen LogP contribution in [0.5, 0.6) is 0 Å². The fourth-order valence-electron chi connectivity index (χ4n) is 0.511. The van der Waals surface area contributed by atoms with E-state index in [0.29, 0.717) is 0 Å². The molecule has 7 heteroatoms. The molecule has 54 valence electrons. The molecule has 3 N–H and O–H groups in total. The Morgan fingerprint density at radius 3 is 2.09 bits per heavy atom. The monoisotopic (exact) mass is 148 g/mol. The van der Waals surface area contributed by atoms with Crippen LogP contribution in [0.4, 0.5) is 0 Å². The van der Waals surface area contributed by atoms with E-state index in [4.69, 9.17) is 15.1 Å². The summed E-state index contributed by atoms with van der Waals surface area (Å²) in [5.74, 6) is 0. The molecule has 5 nitrogen and oxygen atoms in total. The van der Waals surface area contributed by atoms with Crippen molar-refractivity contribution in [2.75, 3.05) is 0 Å². The van der Waals surface area contributed by atoms with Crippen LogP contribution in [0.1, 0.15) is 0 Å². The number of hydrogen-bond donors (Lipinski definition) is 3. The van der Waals surface area contributed by atoms with Gasteiger partial charge in [-0.15, -0.1) is 0 Å². The summed E-state index contributed by atoms with van der Waals surface area (Å²) in [6.07, 6.45) is 3.71. The molecule has 0 radical (unpaired) electrons. The second-order valence-electron chi connectivity index (χ2n) is 1.86. The van der Waals surface area contributed by atoms with E-state index in [9.17, 15) is 0 Å². The van der Waals surface area contributed by atoms with Crippen LogP contribution in [-0.4, -0.2) is 31.8 Å². The first-order valence-electron chi connectivity index (χ1n) is 2.68. The van der Waals surface area contributed by atoms with Gasteiger partial charge in [0.15, 0.2) is 0 Å². The first-order chi connectivity index (χ1) is 4.61. The van der Waals surface area contributed by atoms with Gasteiger partial charge in [0.05, 0.1) is 0 Å². The number of aromatic nitrogens is 2. The molecule has 1 heterocycles. The molecule has 0 amide bonds. The van der Waals surface area contributed by atoms with Gasteiger partial charge in [0, 0.05) is 18.6 Å². The second-order valence-corrected chi connectivity index (χ2v) is 1.86. The maximum Gasteiger partial charge on any atom is 1.00 e. The van der Waals surface area contributed by atoms with Crippen molar-refractivity contribution in [2.24, 2.45) is 0 Å². The summed E-state index contributed by atoms with van der Waals surface area (Å²) in [6, 6.07) is 0. The van der Waals surface area contributed by atoms with Crippen molar-refractivity contribution in [3.63, 3.8) is 0 Å². The van der Waals surface area contributed by atoms with Gasteiger partial charge in [-0.05, 0) is 5.59 Å². The SMILES string of the molecule is O[B-](O)(O)c1cnccn1.[Li+]. The molecule has 0 aliphatic carbocycles. The molecule has 0 saturated carbocycles. The van der Waals surface area contributed by atoms with Gasteiger partial charge in [-0.25, -0.2) is 0 Å². The standard InChI is InChI=1S/C4H6BN2O3.Li/c8-5(9,10)4-3-6-1-2-7-4;/h1-3,8-10H;/q-1;+1. The maximum atomic E-state index is 8.56. The molecular formula is C4H6BLiN2O3. The van der Waals surface area contributed by atoms with Crippen LogP contribution in [-0.2, 0) is 0 Å². The van der Waals surface area contributed by atoms with Crippen molar-refractivity contribution < 1.29 is 33.9 Å². The Labute approximate surface area is 75.3 Å². The Kier molecular flexibility index (Phi) is 3.72. The Balaban J connectivity index is 0.000001000. The molecule has 0 spiro atoms. The zero-order valence-corrected chi connectivity index (χ0v) is 6.05. The Morgan fingerprint density at radius 2 is 1.82 bits per heavy atom. The zero-order valence-electron chi connectivity index (χ0n) is 6.05. The van der Waals surface area contributed by atoms with Crippen LogP contribution in [0.25, 0.3) is 0 Å². The number of nitrogens with zero attached hydrogens (tertiary/aromatic N) is 2. The summed E-state index contributed by atoms with van der Waals surface area (Å²) in [6.45, 7) is -3.48. The maximum absolute atomic E-state index is 8.56. The molecule has 0 atom stereocenters. The fourth-order valence-corrected chi connectivity index (χ4v) is 0.511. The van der Waals surface area contributed by atoms with Crippen LogP contribution in [0, 0.1) is 0 Å². The van der Waals surface area contributed by atoms with Crippen LogP contribution >= 0.6 is 0 Å². The molecule has 1 rings (SSSR count). The Hall–Kier alpha value is -0.378. The first kappa shape index (κ1) is 10.6. The molecule has 1 aromatic rings. The molecule has 0 unspecified atom stereocenters. The smallest absolute Gasteiger partial charge is 0.555 e. The third kappa shape index (κ3) is 3.01. The van der Waals surface area contributed by atoms with Crippen molar-refractivity contribution in [1.82, 2.24) is 9.97 Å². The minimum atomic E-state index is -3.48. The van der Waals surface area contributed by atoms with Crippen molar-refractivity contribution >= 4 is 12.3 Å².